The largest absolute Gasteiger partial charge is 0.495 e. The third kappa shape index (κ3) is 5.29. The highest BCUT2D eigenvalue weighted by atomic mass is 32.2. The Morgan fingerprint density at radius 2 is 1.77 bits per heavy atom. The van der Waals surface area contributed by atoms with Crippen molar-refractivity contribution >= 4 is 38.7 Å². The van der Waals surface area contributed by atoms with Crippen molar-refractivity contribution < 1.29 is 13.2 Å². The molecule has 208 valence electrons. The molecule has 8 nitrogen and oxygen atoms in total. The summed E-state index contributed by atoms with van der Waals surface area (Å²) in [6, 6.07) is 21.6. The van der Waals surface area contributed by atoms with Gasteiger partial charge in [0, 0.05) is 29.0 Å². The van der Waals surface area contributed by atoms with Crippen LogP contribution in [0.15, 0.2) is 72.9 Å². The highest BCUT2D eigenvalue weighted by Crippen LogP contribution is 2.45. The SMILES string of the molecule is CCc1ccc(-n2c(C)cc([C@H]3[C@@H](c4ccccn4)NC(=S)N3c3ccc(OC)c(NS(C)(=O)=O)c3)c2C)cc1. The fourth-order valence-electron chi connectivity index (χ4n) is 5.44. The van der Waals surface area contributed by atoms with Crippen molar-refractivity contribution in [2.24, 2.45) is 0 Å². The lowest BCUT2D eigenvalue weighted by molar-refractivity contribution is 0.417. The molecule has 0 unspecified atom stereocenters. The molecule has 1 aliphatic rings. The molecule has 1 saturated heterocycles. The summed E-state index contributed by atoms with van der Waals surface area (Å²) in [5.41, 5.74) is 7.59. The summed E-state index contributed by atoms with van der Waals surface area (Å²) in [5, 5.41) is 4.01. The van der Waals surface area contributed by atoms with E-state index in [9.17, 15) is 8.42 Å². The van der Waals surface area contributed by atoms with Crippen LogP contribution in [0.4, 0.5) is 11.4 Å². The average Bonchev–Trinajstić information content (AvgIpc) is 3.43. The monoisotopic (exact) mass is 575 g/mol. The molecule has 0 spiro atoms. The van der Waals surface area contributed by atoms with E-state index in [0.717, 1.165) is 46.7 Å². The minimum Gasteiger partial charge on any atom is -0.495 e. The molecule has 0 radical (unpaired) electrons. The van der Waals surface area contributed by atoms with E-state index in [1.165, 1.54) is 12.7 Å². The zero-order chi connectivity index (χ0) is 28.6. The molecular weight excluding hydrogens is 542 g/mol. The zero-order valence-electron chi connectivity index (χ0n) is 23.2. The molecule has 10 heteroatoms. The van der Waals surface area contributed by atoms with Crippen LogP contribution in [0.3, 0.4) is 0 Å². The summed E-state index contributed by atoms with van der Waals surface area (Å²) >= 11 is 5.91. The highest BCUT2D eigenvalue weighted by molar-refractivity contribution is 7.92. The molecule has 2 aromatic carbocycles. The Bertz CT molecular complexity index is 1650. The standard InChI is InChI=1S/C30H33N5O3S2/c1-6-21-10-12-22(13-11-21)34-19(2)17-24(20(34)3)29-28(25-9-7-8-16-31-25)32-30(39)35(29)23-14-15-27(38-4)26(18-23)33-40(5,36)37/h7-18,28-29,33H,6H2,1-5H3,(H,32,39)/t28-,29+/m1/s1. The molecule has 40 heavy (non-hydrogen) atoms. The maximum atomic E-state index is 12.1. The van der Waals surface area contributed by atoms with Crippen molar-refractivity contribution in [2.45, 2.75) is 39.3 Å². The number of benzene rings is 2. The Morgan fingerprint density at radius 3 is 2.40 bits per heavy atom. The van der Waals surface area contributed by atoms with Gasteiger partial charge in [-0.15, -0.1) is 0 Å². The van der Waals surface area contributed by atoms with E-state index in [1.807, 2.05) is 29.2 Å². The van der Waals surface area contributed by atoms with Crippen molar-refractivity contribution in [1.82, 2.24) is 14.9 Å². The highest BCUT2D eigenvalue weighted by Gasteiger charge is 2.42. The van der Waals surface area contributed by atoms with E-state index < -0.39 is 10.0 Å². The topological polar surface area (TPSA) is 88.5 Å². The molecule has 0 saturated carbocycles. The van der Waals surface area contributed by atoms with Crippen LogP contribution < -0.4 is 19.7 Å². The van der Waals surface area contributed by atoms with E-state index in [-0.39, 0.29) is 12.1 Å². The lowest BCUT2D eigenvalue weighted by Gasteiger charge is -2.29. The molecule has 0 aliphatic carbocycles. The number of hydrogen-bond donors (Lipinski definition) is 2. The first-order valence-electron chi connectivity index (χ1n) is 13.1. The number of anilines is 2. The second-order valence-corrected chi connectivity index (χ2v) is 12.1. The van der Waals surface area contributed by atoms with Gasteiger partial charge in [0.2, 0.25) is 10.0 Å². The lowest BCUT2D eigenvalue weighted by Crippen LogP contribution is -2.29. The molecule has 1 aliphatic heterocycles. The number of methoxy groups -OCH3 is 1. The van der Waals surface area contributed by atoms with E-state index in [4.69, 9.17) is 17.0 Å². The number of nitrogens with one attached hydrogen (secondary N) is 2. The van der Waals surface area contributed by atoms with Gasteiger partial charge < -0.3 is 19.5 Å². The number of sulfonamides is 1. The van der Waals surface area contributed by atoms with E-state index in [1.54, 1.807) is 18.3 Å². The Kier molecular flexibility index (Phi) is 7.57. The molecule has 0 bridgehead atoms. The fourth-order valence-corrected chi connectivity index (χ4v) is 6.34. The number of nitrogens with zero attached hydrogens (tertiary/aromatic N) is 3. The van der Waals surface area contributed by atoms with Crippen LogP contribution in [0.1, 0.15) is 47.2 Å². The summed E-state index contributed by atoms with van der Waals surface area (Å²) in [6.45, 7) is 6.37. The van der Waals surface area contributed by atoms with Crippen LogP contribution >= 0.6 is 12.2 Å². The van der Waals surface area contributed by atoms with Gasteiger partial charge >= 0.3 is 0 Å². The lowest BCUT2D eigenvalue weighted by atomic mass is 9.96. The van der Waals surface area contributed by atoms with Gasteiger partial charge in [-0.3, -0.25) is 9.71 Å². The predicted molar refractivity (Wildman–Crippen MR) is 164 cm³/mol. The number of pyridine rings is 1. The maximum Gasteiger partial charge on any atom is 0.229 e. The minimum atomic E-state index is -3.54. The van der Waals surface area contributed by atoms with Crippen LogP contribution in [-0.2, 0) is 16.4 Å². The van der Waals surface area contributed by atoms with Crippen LogP contribution in [0, 0.1) is 13.8 Å². The first-order chi connectivity index (χ1) is 19.1. The zero-order valence-corrected chi connectivity index (χ0v) is 24.8. The number of hydrogen-bond acceptors (Lipinski definition) is 5. The summed E-state index contributed by atoms with van der Waals surface area (Å²) in [7, 11) is -2.03. The molecule has 0 amide bonds. The fraction of sp³-hybridized carbons (Fsp3) is 0.267. The second-order valence-electron chi connectivity index (χ2n) is 9.94. The first kappa shape index (κ1) is 27.7. The van der Waals surface area contributed by atoms with Gasteiger partial charge in [0.1, 0.15) is 5.75 Å². The van der Waals surface area contributed by atoms with E-state index >= 15 is 0 Å². The van der Waals surface area contributed by atoms with Crippen molar-refractivity contribution in [2.75, 3.05) is 23.0 Å². The van der Waals surface area contributed by atoms with Crippen LogP contribution in [0.25, 0.3) is 5.69 Å². The van der Waals surface area contributed by atoms with Crippen LogP contribution in [0.2, 0.25) is 0 Å². The Labute approximate surface area is 241 Å². The molecule has 3 heterocycles. The van der Waals surface area contributed by atoms with Gasteiger partial charge in [0.25, 0.3) is 0 Å². The van der Waals surface area contributed by atoms with Crippen molar-refractivity contribution in [1.29, 1.82) is 0 Å². The van der Waals surface area contributed by atoms with E-state index in [0.29, 0.717) is 16.5 Å². The average molecular weight is 576 g/mol. The van der Waals surface area contributed by atoms with Crippen molar-refractivity contribution in [3.8, 4) is 11.4 Å². The smallest absolute Gasteiger partial charge is 0.229 e. The molecular formula is C30H33N5O3S2. The molecule has 1 fully saturated rings. The first-order valence-corrected chi connectivity index (χ1v) is 15.4. The number of ether oxygens (including phenoxy) is 1. The second kappa shape index (κ2) is 10.9. The normalized spacial score (nSPS) is 17.1. The van der Waals surface area contributed by atoms with Crippen molar-refractivity contribution in [3.63, 3.8) is 0 Å². The number of aromatic nitrogens is 2. The third-order valence-electron chi connectivity index (χ3n) is 7.25. The molecule has 5 rings (SSSR count). The molecule has 2 aromatic heterocycles. The van der Waals surface area contributed by atoms with Gasteiger partial charge in [-0.05, 0) is 92.1 Å². The van der Waals surface area contributed by atoms with Gasteiger partial charge in [0.15, 0.2) is 5.11 Å². The summed E-state index contributed by atoms with van der Waals surface area (Å²) in [5.74, 6) is 0.416. The Morgan fingerprint density at radius 1 is 1.05 bits per heavy atom. The molecule has 2 atom stereocenters. The molecule has 2 N–H and O–H groups in total. The Balaban J connectivity index is 1.67. The molecule has 4 aromatic rings. The van der Waals surface area contributed by atoms with Gasteiger partial charge in [-0.1, -0.05) is 25.1 Å². The van der Waals surface area contributed by atoms with Crippen LogP contribution in [-0.4, -0.2) is 36.4 Å². The third-order valence-corrected chi connectivity index (χ3v) is 8.15. The summed E-state index contributed by atoms with van der Waals surface area (Å²) < 4.78 is 34.5. The minimum absolute atomic E-state index is 0.237. The summed E-state index contributed by atoms with van der Waals surface area (Å²) in [4.78, 5) is 6.70. The summed E-state index contributed by atoms with van der Waals surface area (Å²) in [6.07, 6.45) is 3.88. The number of rotatable bonds is 8. The maximum absolute atomic E-state index is 12.1. The van der Waals surface area contributed by atoms with Gasteiger partial charge in [-0.25, -0.2) is 8.42 Å². The van der Waals surface area contributed by atoms with E-state index in [2.05, 4.69) is 70.7 Å². The van der Waals surface area contributed by atoms with Crippen LogP contribution in [0.5, 0.6) is 5.75 Å². The predicted octanol–water partition coefficient (Wildman–Crippen LogP) is 5.61. The number of thiocarbonyl (C=S) groups is 1. The number of aryl methyl sites for hydroxylation is 2. The van der Waals surface area contributed by atoms with Gasteiger partial charge in [-0.2, -0.15) is 0 Å². The van der Waals surface area contributed by atoms with Crippen molar-refractivity contribution in [3.05, 3.63) is 101 Å². The quantitative estimate of drug-likeness (QED) is 0.264. The van der Waals surface area contributed by atoms with Gasteiger partial charge in [0.05, 0.1) is 36.8 Å². The Hall–Kier alpha value is -3.89.